The predicted octanol–water partition coefficient (Wildman–Crippen LogP) is 2.78. The lowest BCUT2D eigenvalue weighted by Crippen LogP contribution is -2.48. The molecule has 5 heteroatoms. The van der Waals surface area contributed by atoms with E-state index in [0.717, 1.165) is 30.6 Å². The quantitative estimate of drug-likeness (QED) is 0.513. The zero-order chi connectivity index (χ0) is 14.4. The van der Waals surface area contributed by atoms with E-state index in [2.05, 4.69) is 44.3 Å². The molecule has 0 radical (unpaired) electrons. The second-order valence-corrected chi connectivity index (χ2v) is 7.05. The van der Waals surface area contributed by atoms with Crippen molar-refractivity contribution in [2.75, 3.05) is 6.61 Å². The fourth-order valence-electron chi connectivity index (χ4n) is 3.52. The number of hydrogen-bond donors (Lipinski definition) is 0. The third-order valence-corrected chi connectivity index (χ3v) is 6.00. The molecule has 0 amide bonds. The van der Waals surface area contributed by atoms with Crippen molar-refractivity contribution in [2.45, 2.75) is 28.9 Å². The lowest BCUT2D eigenvalue weighted by molar-refractivity contribution is -0.0503. The topological polar surface area (TPSA) is 50.8 Å². The van der Waals surface area contributed by atoms with Crippen LogP contribution in [0.4, 0.5) is 0 Å². The van der Waals surface area contributed by atoms with Crippen LogP contribution in [0.25, 0.3) is 0 Å². The third-order valence-electron chi connectivity index (χ3n) is 4.50. The summed E-state index contributed by atoms with van der Waals surface area (Å²) in [6.07, 6.45) is 5.91. The molecule has 1 aliphatic carbocycles. The second kappa shape index (κ2) is 4.82. The van der Waals surface area contributed by atoms with Crippen molar-refractivity contribution < 1.29 is 4.74 Å². The highest BCUT2D eigenvalue weighted by molar-refractivity contribution is 14.1. The van der Waals surface area contributed by atoms with Crippen molar-refractivity contribution in [1.82, 2.24) is 9.55 Å². The molecule has 1 aromatic heterocycles. The van der Waals surface area contributed by atoms with Gasteiger partial charge < -0.3 is 9.30 Å². The number of hydrogen-bond acceptors (Lipinski definition) is 3. The smallest absolute Gasteiger partial charge is 0.147 e. The molecule has 1 aromatic carbocycles. The van der Waals surface area contributed by atoms with E-state index in [1.54, 1.807) is 0 Å². The molecule has 2 aromatic rings. The molecule has 0 N–H and O–H groups in total. The van der Waals surface area contributed by atoms with Crippen molar-refractivity contribution in [3.63, 3.8) is 0 Å². The minimum Gasteiger partial charge on any atom is -0.361 e. The SMILES string of the molecule is N#Cc1ccc2c(c1)[C@]1(OCCn3cncc31)[C@@H](I)CC2. The van der Waals surface area contributed by atoms with Crippen molar-refractivity contribution in [3.8, 4) is 6.07 Å². The first-order chi connectivity index (χ1) is 10.3. The van der Waals surface area contributed by atoms with Crippen LogP contribution in [-0.4, -0.2) is 20.1 Å². The highest BCUT2D eigenvalue weighted by atomic mass is 127. The minimum atomic E-state index is -0.463. The van der Waals surface area contributed by atoms with Gasteiger partial charge in [-0.1, -0.05) is 28.7 Å². The first-order valence-corrected chi connectivity index (χ1v) is 8.32. The van der Waals surface area contributed by atoms with E-state index in [1.807, 2.05) is 24.7 Å². The molecule has 1 aliphatic heterocycles. The number of alkyl halides is 1. The number of fused-ring (bicyclic) bond motifs is 4. The molecule has 4 nitrogen and oxygen atoms in total. The zero-order valence-corrected chi connectivity index (χ0v) is 13.6. The second-order valence-electron chi connectivity index (χ2n) is 5.55. The molecule has 0 saturated carbocycles. The number of nitriles is 1. The fraction of sp³-hybridized carbons (Fsp3) is 0.375. The maximum absolute atomic E-state index is 9.24. The van der Waals surface area contributed by atoms with Crippen LogP contribution in [0.3, 0.4) is 0 Å². The van der Waals surface area contributed by atoms with E-state index in [9.17, 15) is 5.26 Å². The first kappa shape index (κ1) is 13.3. The number of benzene rings is 1. The van der Waals surface area contributed by atoms with Crippen LogP contribution in [0.1, 0.15) is 28.8 Å². The van der Waals surface area contributed by atoms with E-state index < -0.39 is 5.60 Å². The van der Waals surface area contributed by atoms with Gasteiger partial charge in [0.05, 0.1) is 40.4 Å². The van der Waals surface area contributed by atoms with Crippen LogP contribution in [0.5, 0.6) is 0 Å². The molecule has 0 bridgehead atoms. The minimum absolute atomic E-state index is 0.340. The molecule has 106 valence electrons. The highest BCUT2D eigenvalue weighted by Crippen LogP contribution is 2.48. The Labute approximate surface area is 136 Å². The van der Waals surface area contributed by atoms with Gasteiger partial charge >= 0.3 is 0 Å². The van der Waals surface area contributed by atoms with Crippen LogP contribution < -0.4 is 0 Å². The molecular weight excluding hydrogens is 377 g/mol. The molecule has 0 fully saturated rings. The summed E-state index contributed by atoms with van der Waals surface area (Å²) in [6.45, 7) is 1.52. The van der Waals surface area contributed by atoms with Crippen LogP contribution in [-0.2, 0) is 23.3 Å². The van der Waals surface area contributed by atoms with E-state index in [1.165, 1.54) is 5.56 Å². The van der Waals surface area contributed by atoms with Gasteiger partial charge in [0.2, 0.25) is 0 Å². The molecule has 4 rings (SSSR count). The molecule has 21 heavy (non-hydrogen) atoms. The van der Waals surface area contributed by atoms with Crippen LogP contribution >= 0.6 is 22.6 Å². The number of aromatic nitrogens is 2. The largest absolute Gasteiger partial charge is 0.361 e. The normalized spacial score (nSPS) is 27.0. The van der Waals surface area contributed by atoms with E-state index >= 15 is 0 Å². The number of ether oxygens (including phenoxy) is 1. The van der Waals surface area contributed by atoms with Crippen molar-refractivity contribution >= 4 is 22.6 Å². The average molecular weight is 391 g/mol. The van der Waals surface area contributed by atoms with Crippen LogP contribution in [0, 0.1) is 11.3 Å². The fourth-order valence-corrected chi connectivity index (χ4v) is 4.66. The lowest BCUT2D eigenvalue weighted by atomic mass is 9.76. The van der Waals surface area contributed by atoms with Gasteiger partial charge in [-0.2, -0.15) is 5.26 Å². The number of halogens is 1. The highest BCUT2D eigenvalue weighted by Gasteiger charge is 2.49. The van der Waals surface area contributed by atoms with Gasteiger partial charge in [0.25, 0.3) is 0 Å². The molecule has 2 aliphatic rings. The van der Waals surface area contributed by atoms with Crippen LogP contribution in [0.15, 0.2) is 30.7 Å². The van der Waals surface area contributed by atoms with E-state index in [0.29, 0.717) is 16.1 Å². The van der Waals surface area contributed by atoms with Crippen molar-refractivity contribution in [1.29, 1.82) is 5.26 Å². The van der Waals surface area contributed by atoms with Gasteiger partial charge in [-0.15, -0.1) is 0 Å². The predicted molar refractivity (Wildman–Crippen MR) is 86.2 cm³/mol. The molecule has 0 unspecified atom stereocenters. The molecule has 2 atom stereocenters. The first-order valence-electron chi connectivity index (χ1n) is 7.08. The summed E-state index contributed by atoms with van der Waals surface area (Å²) in [5.74, 6) is 0. The standard InChI is InChI=1S/C16H14IN3O/c17-14-4-3-12-2-1-11(8-18)7-13(12)16(14)15-9-19-10-20(15)5-6-21-16/h1-2,7,9-10,14H,3-6H2/t14-,16-/m0/s1. The molecule has 0 saturated heterocycles. The number of nitrogens with zero attached hydrogens (tertiary/aromatic N) is 3. The molecule has 2 heterocycles. The van der Waals surface area contributed by atoms with Crippen LogP contribution in [0.2, 0.25) is 0 Å². The number of rotatable bonds is 0. The van der Waals surface area contributed by atoms with Gasteiger partial charge in [0.15, 0.2) is 0 Å². The number of aryl methyl sites for hydroxylation is 1. The summed E-state index contributed by atoms with van der Waals surface area (Å²) in [6, 6.07) is 8.24. The molecule has 1 spiro atoms. The Hall–Kier alpha value is -1.39. The zero-order valence-electron chi connectivity index (χ0n) is 11.4. The van der Waals surface area contributed by atoms with Gasteiger partial charge in [-0.25, -0.2) is 4.98 Å². The van der Waals surface area contributed by atoms with Gasteiger partial charge in [-0.05, 0) is 36.1 Å². The van der Waals surface area contributed by atoms with Crippen molar-refractivity contribution in [2.24, 2.45) is 0 Å². The lowest BCUT2D eigenvalue weighted by Gasteiger charge is -2.45. The Morgan fingerprint density at radius 1 is 1.48 bits per heavy atom. The van der Waals surface area contributed by atoms with Gasteiger partial charge in [0, 0.05) is 6.54 Å². The third kappa shape index (κ3) is 1.79. The maximum atomic E-state index is 9.24. The summed E-state index contributed by atoms with van der Waals surface area (Å²) < 4.78 is 8.88. The Morgan fingerprint density at radius 2 is 2.38 bits per heavy atom. The number of imidazole rings is 1. The Bertz CT molecular complexity index is 748. The maximum Gasteiger partial charge on any atom is 0.147 e. The van der Waals surface area contributed by atoms with E-state index in [4.69, 9.17) is 4.74 Å². The Kier molecular flexibility index (Phi) is 3.05. The van der Waals surface area contributed by atoms with Gasteiger partial charge in [-0.3, -0.25) is 0 Å². The van der Waals surface area contributed by atoms with Crippen molar-refractivity contribution in [3.05, 3.63) is 53.1 Å². The average Bonchev–Trinajstić information content (AvgIpc) is 3.00. The Balaban J connectivity index is 2.01. The monoisotopic (exact) mass is 391 g/mol. The summed E-state index contributed by atoms with van der Waals surface area (Å²) in [5.41, 5.74) is 3.78. The summed E-state index contributed by atoms with van der Waals surface area (Å²) in [5, 5.41) is 9.24. The summed E-state index contributed by atoms with van der Waals surface area (Å²) >= 11 is 2.49. The van der Waals surface area contributed by atoms with E-state index in [-0.39, 0.29) is 0 Å². The van der Waals surface area contributed by atoms with Gasteiger partial charge in [0.1, 0.15) is 5.60 Å². The molecular formula is C16H14IN3O. The Morgan fingerprint density at radius 3 is 3.24 bits per heavy atom. The summed E-state index contributed by atoms with van der Waals surface area (Å²) in [7, 11) is 0. The summed E-state index contributed by atoms with van der Waals surface area (Å²) in [4.78, 5) is 4.32.